The lowest BCUT2D eigenvalue weighted by molar-refractivity contribution is 0.0683. The molecule has 1 aliphatic rings. The number of aryl methyl sites for hydroxylation is 3. The van der Waals surface area contributed by atoms with Gasteiger partial charge in [0.25, 0.3) is 0 Å². The Balaban J connectivity index is 0.000000807. The number of nitrogens with zero attached hydrogens (tertiary/aromatic N) is 3. The average molecular weight is 663 g/mol. The van der Waals surface area contributed by atoms with Crippen LogP contribution in [0.1, 0.15) is 67.5 Å². The highest BCUT2D eigenvalue weighted by Crippen LogP contribution is 2.43. The summed E-state index contributed by atoms with van der Waals surface area (Å²) in [4.78, 5) is 12.9. The zero-order valence-corrected chi connectivity index (χ0v) is 28.4. The molecular weight excluding hydrogens is 619 g/mol. The number of carbonyl (C=O) groups is 1. The molecule has 0 bridgehead atoms. The van der Waals surface area contributed by atoms with Crippen LogP contribution in [0.3, 0.4) is 0 Å². The number of rotatable bonds is 9. The SMILES string of the molecule is CCNCC.CCc1c2c(nn1C)COCCCCn1c(C(=O)O)c(CCCOc3cccc4cc(F)ccc34)c3ccc(Cl)c-2c31. The van der Waals surface area contributed by atoms with Crippen LogP contribution in [0.4, 0.5) is 4.39 Å². The number of halogens is 2. The molecule has 2 N–H and O–H groups in total. The first-order chi connectivity index (χ1) is 22.8. The van der Waals surface area contributed by atoms with Crippen molar-refractivity contribution in [2.45, 2.75) is 66.0 Å². The third-order valence-electron chi connectivity index (χ3n) is 8.59. The van der Waals surface area contributed by atoms with E-state index in [1.165, 1.54) is 12.1 Å². The summed E-state index contributed by atoms with van der Waals surface area (Å²) in [5.74, 6) is -0.580. The maximum Gasteiger partial charge on any atom is 0.352 e. The lowest BCUT2D eigenvalue weighted by Gasteiger charge is -2.14. The lowest BCUT2D eigenvalue weighted by atomic mass is 9.97. The zero-order chi connectivity index (χ0) is 33.5. The van der Waals surface area contributed by atoms with Crippen molar-refractivity contribution in [3.05, 3.63) is 82.0 Å². The van der Waals surface area contributed by atoms with Gasteiger partial charge in [0.05, 0.1) is 29.4 Å². The Kier molecular flexibility index (Phi) is 11.6. The minimum absolute atomic E-state index is 0.290. The molecule has 6 rings (SSSR count). The van der Waals surface area contributed by atoms with E-state index in [4.69, 9.17) is 26.2 Å². The van der Waals surface area contributed by atoms with Gasteiger partial charge in [-0.15, -0.1) is 0 Å². The van der Waals surface area contributed by atoms with Gasteiger partial charge in [-0.25, -0.2) is 9.18 Å². The standard InChI is InChI=1S/C33H33ClFN3O4.C4H11N/c1-3-27-30-26(36-37(27)2)19-41-16-5-4-15-38-31-24(13-14-25(34)29(30)31)23(32(38)33(39)40)9-7-17-42-28-10-6-8-20-18-21(35)11-12-22(20)28;1-3-5-4-2/h6,8,10-14,18H,3-5,7,9,15-17,19H2,1-2H3,(H,39,40);5H,3-4H2,1-2H3. The molecule has 0 spiro atoms. The molecule has 0 amide bonds. The molecule has 47 heavy (non-hydrogen) atoms. The fourth-order valence-electron chi connectivity index (χ4n) is 6.54. The summed E-state index contributed by atoms with van der Waals surface area (Å²) in [6.07, 6.45) is 3.42. The second-order valence-corrected chi connectivity index (χ2v) is 12.0. The van der Waals surface area contributed by atoms with E-state index in [1.54, 1.807) is 6.07 Å². The van der Waals surface area contributed by atoms with E-state index in [9.17, 15) is 14.3 Å². The van der Waals surface area contributed by atoms with Crippen LogP contribution in [0.2, 0.25) is 5.02 Å². The first-order valence-corrected chi connectivity index (χ1v) is 16.9. The van der Waals surface area contributed by atoms with Gasteiger partial charge >= 0.3 is 5.97 Å². The van der Waals surface area contributed by atoms with Crippen LogP contribution in [0, 0.1) is 5.82 Å². The lowest BCUT2D eigenvalue weighted by Crippen LogP contribution is -2.12. The van der Waals surface area contributed by atoms with Gasteiger partial charge in [-0.2, -0.15) is 5.10 Å². The maximum atomic E-state index is 13.7. The molecule has 0 saturated heterocycles. The second-order valence-electron chi connectivity index (χ2n) is 11.6. The third kappa shape index (κ3) is 7.32. The molecule has 3 heterocycles. The summed E-state index contributed by atoms with van der Waals surface area (Å²) in [5.41, 5.74) is 5.46. The van der Waals surface area contributed by atoms with Crippen LogP contribution >= 0.6 is 11.6 Å². The van der Waals surface area contributed by atoms with Crippen molar-refractivity contribution >= 4 is 39.2 Å². The molecule has 0 unspecified atom stereocenters. The summed E-state index contributed by atoms with van der Waals surface area (Å²) in [6.45, 7) is 10.3. The quantitative estimate of drug-likeness (QED) is 0.155. The van der Waals surface area contributed by atoms with E-state index in [2.05, 4.69) is 26.1 Å². The van der Waals surface area contributed by atoms with E-state index in [0.29, 0.717) is 50.0 Å². The molecule has 0 fully saturated rings. The number of ether oxygens (including phenoxy) is 2. The molecule has 0 atom stereocenters. The van der Waals surface area contributed by atoms with Gasteiger partial charge in [-0.3, -0.25) is 4.68 Å². The average Bonchev–Trinajstić information content (AvgIpc) is 3.53. The number of carboxylic acid groups (broad SMARTS) is 1. The molecule has 0 saturated carbocycles. The van der Waals surface area contributed by atoms with Crippen LogP contribution in [-0.2, 0) is 37.8 Å². The number of aromatic carboxylic acids is 1. The van der Waals surface area contributed by atoms with E-state index in [-0.39, 0.29) is 11.5 Å². The monoisotopic (exact) mass is 662 g/mol. The van der Waals surface area contributed by atoms with E-state index in [1.807, 2.05) is 46.6 Å². The van der Waals surface area contributed by atoms with E-state index >= 15 is 0 Å². The molecule has 0 aliphatic carbocycles. The molecular formula is C37H44ClFN4O4. The van der Waals surface area contributed by atoms with Gasteiger partial charge in [-0.1, -0.05) is 50.6 Å². The number of nitrogens with one attached hydrogen (secondary N) is 1. The first kappa shape index (κ1) is 34.4. The molecule has 5 aromatic rings. The summed E-state index contributed by atoms with van der Waals surface area (Å²) in [7, 11) is 1.92. The number of benzene rings is 3. The molecule has 0 radical (unpaired) electrons. The molecule has 1 aliphatic heterocycles. The van der Waals surface area contributed by atoms with Crippen molar-refractivity contribution in [2.75, 3.05) is 26.3 Å². The number of aromatic nitrogens is 3. The highest BCUT2D eigenvalue weighted by molar-refractivity contribution is 6.35. The van der Waals surface area contributed by atoms with Crippen LogP contribution in [0.5, 0.6) is 5.75 Å². The number of carboxylic acids is 1. The molecule has 250 valence electrons. The first-order valence-electron chi connectivity index (χ1n) is 16.5. The molecule has 3 aromatic carbocycles. The van der Waals surface area contributed by atoms with Crippen molar-refractivity contribution in [1.82, 2.24) is 19.7 Å². The van der Waals surface area contributed by atoms with Gasteiger partial charge in [0.2, 0.25) is 0 Å². The van der Waals surface area contributed by atoms with E-state index in [0.717, 1.165) is 82.1 Å². The predicted molar refractivity (Wildman–Crippen MR) is 186 cm³/mol. The van der Waals surface area contributed by atoms with Crippen molar-refractivity contribution in [3.63, 3.8) is 0 Å². The van der Waals surface area contributed by atoms with Crippen molar-refractivity contribution in [2.24, 2.45) is 7.05 Å². The summed E-state index contributed by atoms with van der Waals surface area (Å²) >= 11 is 6.95. The summed E-state index contributed by atoms with van der Waals surface area (Å²) in [5, 5.41) is 21.5. The zero-order valence-electron chi connectivity index (χ0n) is 27.7. The fraction of sp³-hybridized carbons (Fsp3) is 0.405. The van der Waals surface area contributed by atoms with Gasteiger partial charge in [-0.05, 0) is 86.5 Å². The topological polar surface area (TPSA) is 90.5 Å². The Morgan fingerprint density at radius 2 is 1.87 bits per heavy atom. The van der Waals surface area contributed by atoms with Gasteiger partial charge < -0.3 is 24.5 Å². The van der Waals surface area contributed by atoms with Crippen LogP contribution in [-0.4, -0.2) is 51.7 Å². The summed E-state index contributed by atoms with van der Waals surface area (Å²) in [6, 6.07) is 14.0. The van der Waals surface area contributed by atoms with Crippen LogP contribution in [0.15, 0.2) is 48.5 Å². The smallest absolute Gasteiger partial charge is 0.352 e. The van der Waals surface area contributed by atoms with Crippen LogP contribution < -0.4 is 10.1 Å². The maximum absolute atomic E-state index is 13.7. The second kappa shape index (κ2) is 15.8. The highest BCUT2D eigenvalue weighted by atomic mass is 35.5. The fourth-order valence-corrected chi connectivity index (χ4v) is 6.79. The minimum atomic E-state index is -0.964. The van der Waals surface area contributed by atoms with Crippen molar-refractivity contribution < 1.29 is 23.8 Å². The third-order valence-corrected chi connectivity index (χ3v) is 8.91. The van der Waals surface area contributed by atoms with Gasteiger partial charge in [0.1, 0.15) is 17.3 Å². The van der Waals surface area contributed by atoms with E-state index < -0.39 is 5.97 Å². The Hall–Kier alpha value is -3.92. The minimum Gasteiger partial charge on any atom is -0.493 e. The van der Waals surface area contributed by atoms with Crippen molar-refractivity contribution in [1.29, 1.82) is 0 Å². The Morgan fingerprint density at radius 3 is 2.60 bits per heavy atom. The predicted octanol–water partition coefficient (Wildman–Crippen LogP) is 8.19. The summed E-state index contributed by atoms with van der Waals surface area (Å²) < 4.78 is 29.6. The van der Waals surface area contributed by atoms with Crippen molar-refractivity contribution in [3.8, 4) is 16.9 Å². The van der Waals surface area contributed by atoms with Gasteiger partial charge in [0.15, 0.2) is 0 Å². The Labute approximate surface area is 280 Å². The molecule has 2 aromatic heterocycles. The normalized spacial score (nSPS) is 13.1. The largest absolute Gasteiger partial charge is 0.493 e. The number of fused-ring (bicyclic) bond motifs is 3. The Bertz CT molecular complexity index is 1860. The number of hydrogen-bond acceptors (Lipinski definition) is 5. The molecule has 10 heteroatoms. The molecule has 8 nitrogen and oxygen atoms in total. The number of hydrogen-bond donors (Lipinski definition) is 2. The Morgan fingerprint density at radius 1 is 1.09 bits per heavy atom. The van der Waals surface area contributed by atoms with Crippen LogP contribution in [0.25, 0.3) is 32.8 Å². The van der Waals surface area contributed by atoms with Gasteiger partial charge in [0, 0.05) is 47.8 Å². The highest BCUT2D eigenvalue weighted by Gasteiger charge is 2.29.